The van der Waals surface area contributed by atoms with Crippen LogP contribution < -0.4 is 0 Å². The topological polar surface area (TPSA) is 0 Å². The second-order valence-corrected chi connectivity index (χ2v) is 10.9. The molecule has 0 atom stereocenters. The first-order chi connectivity index (χ1) is 17.8. The lowest BCUT2D eigenvalue weighted by Crippen LogP contribution is -1.91. The molecule has 36 heavy (non-hydrogen) atoms. The molecule has 0 aliphatic heterocycles. The Kier molecular flexibility index (Phi) is 4.12. The molecule has 0 amide bonds. The first-order valence-corrected chi connectivity index (χ1v) is 13.3. The van der Waals surface area contributed by atoms with E-state index < -0.39 is 0 Å². The van der Waals surface area contributed by atoms with Crippen LogP contribution in [0, 0.1) is 6.92 Å². The van der Waals surface area contributed by atoms with Crippen molar-refractivity contribution in [3.63, 3.8) is 0 Å². The number of fused-ring (bicyclic) bond motifs is 3. The molecule has 1 aromatic heterocycles. The smallest absolute Gasteiger partial charge is 0.0434 e. The largest absolute Gasteiger partial charge is 0.135 e. The van der Waals surface area contributed by atoms with Crippen molar-refractivity contribution in [2.45, 2.75) is 6.92 Å². The second kappa shape index (κ2) is 7.40. The van der Waals surface area contributed by atoms with Crippen molar-refractivity contribution in [3.05, 3.63) is 121 Å². The first kappa shape index (κ1) is 20.0. The van der Waals surface area contributed by atoms with Crippen LogP contribution in [0.5, 0.6) is 0 Å². The molecule has 0 aliphatic rings. The summed E-state index contributed by atoms with van der Waals surface area (Å²) in [5.41, 5.74) is 6.48. The van der Waals surface area contributed by atoms with E-state index in [-0.39, 0.29) is 0 Å². The minimum absolute atomic E-state index is 1.27. The summed E-state index contributed by atoms with van der Waals surface area (Å²) in [5.74, 6) is 0. The molecular weight excluding hydrogens is 452 g/mol. The molecule has 0 saturated heterocycles. The van der Waals surface area contributed by atoms with Gasteiger partial charge in [-0.2, -0.15) is 0 Å². The van der Waals surface area contributed by atoms with Crippen molar-refractivity contribution in [2.24, 2.45) is 0 Å². The summed E-state index contributed by atoms with van der Waals surface area (Å²) in [6.45, 7) is 2.15. The quantitative estimate of drug-likeness (QED) is 0.219. The molecule has 8 rings (SSSR count). The predicted molar refractivity (Wildman–Crippen MR) is 159 cm³/mol. The Bertz CT molecular complexity index is 2080. The van der Waals surface area contributed by atoms with E-state index in [1.165, 1.54) is 80.3 Å². The Hall–Kier alpha value is -4.20. The van der Waals surface area contributed by atoms with Crippen molar-refractivity contribution in [1.29, 1.82) is 0 Å². The molecule has 0 nitrogen and oxygen atoms in total. The maximum Gasteiger partial charge on any atom is 0.0434 e. The number of hydrogen-bond acceptors (Lipinski definition) is 1. The van der Waals surface area contributed by atoms with E-state index in [4.69, 9.17) is 0 Å². The summed E-state index contributed by atoms with van der Waals surface area (Å²) in [7, 11) is 0. The Morgan fingerprint density at radius 3 is 1.97 bits per heavy atom. The minimum Gasteiger partial charge on any atom is -0.135 e. The fourth-order valence-corrected chi connectivity index (χ4v) is 7.22. The van der Waals surface area contributed by atoms with Crippen LogP contribution in [-0.4, -0.2) is 0 Å². The fourth-order valence-electron chi connectivity index (χ4n) is 5.99. The van der Waals surface area contributed by atoms with Crippen LogP contribution in [0.4, 0.5) is 0 Å². The van der Waals surface area contributed by atoms with Gasteiger partial charge in [-0.05, 0) is 68.1 Å². The van der Waals surface area contributed by atoms with Gasteiger partial charge in [0, 0.05) is 25.7 Å². The third kappa shape index (κ3) is 2.75. The van der Waals surface area contributed by atoms with E-state index in [9.17, 15) is 0 Å². The average Bonchev–Trinajstić information content (AvgIpc) is 3.31. The summed E-state index contributed by atoms with van der Waals surface area (Å²) >= 11 is 1.91. The van der Waals surface area contributed by atoms with Gasteiger partial charge in [0.05, 0.1) is 0 Å². The van der Waals surface area contributed by atoms with Gasteiger partial charge in [0.25, 0.3) is 0 Å². The second-order valence-electron chi connectivity index (χ2n) is 9.80. The minimum atomic E-state index is 1.27. The third-order valence-electron chi connectivity index (χ3n) is 7.70. The van der Waals surface area contributed by atoms with Crippen molar-refractivity contribution in [1.82, 2.24) is 0 Å². The molecule has 1 heteroatoms. The normalized spacial score (nSPS) is 12.0. The third-order valence-corrected chi connectivity index (χ3v) is 8.92. The molecule has 8 aromatic rings. The lowest BCUT2D eigenvalue weighted by atomic mass is 9.85. The van der Waals surface area contributed by atoms with E-state index in [1.807, 2.05) is 11.3 Å². The van der Waals surface area contributed by atoms with Crippen LogP contribution in [0.3, 0.4) is 0 Å². The highest BCUT2D eigenvalue weighted by atomic mass is 32.1. The summed E-state index contributed by atoms with van der Waals surface area (Å²) in [4.78, 5) is 0. The van der Waals surface area contributed by atoms with Crippen molar-refractivity contribution >= 4 is 63.8 Å². The molecule has 0 unspecified atom stereocenters. The summed E-state index contributed by atoms with van der Waals surface area (Å²) in [6, 6.07) is 42.9. The van der Waals surface area contributed by atoms with E-state index in [0.717, 1.165) is 0 Å². The molecule has 7 aromatic carbocycles. The highest BCUT2D eigenvalue weighted by Gasteiger charge is 2.18. The van der Waals surface area contributed by atoms with Crippen LogP contribution in [0.1, 0.15) is 5.56 Å². The fraction of sp³-hybridized carbons (Fsp3) is 0.0286. The van der Waals surface area contributed by atoms with E-state index in [1.54, 1.807) is 0 Å². The van der Waals surface area contributed by atoms with E-state index in [0.29, 0.717) is 0 Å². The highest BCUT2D eigenvalue weighted by molar-refractivity contribution is 7.26. The van der Waals surface area contributed by atoms with Gasteiger partial charge in [-0.3, -0.25) is 0 Å². The van der Waals surface area contributed by atoms with Crippen LogP contribution in [-0.2, 0) is 0 Å². The maximum atomic E-state index is 2.44. The molecule has 0 aliphatic carbocycles. The molecule has 0 spiro atoms. The average molecular weight is 475 g/mol. The van der Waals surface area contributed by atoms with Crippen LogP contribution in [0.2, 0.25) is 0 Å². The zero-order valence-electron chi connectivity index (χ0n) is 19.9. The van der Waals surface area contributed by atoms with Crippen molar-refractivity contribution in [2.75, 3.05) is 0 Å². The number of rotatable bonds is 2. The Balaban J connectivity index is 1.57. The van der Waals surface area contributed by atoms with Crippen LogP contribution in [0.15, 0.2) is 115 Å². The van der Waals surface area contributed by atoms with E-state index >= 15 is 0 Å². The zero-order valence-corrected chi connectivity index (χ0v) is 20.7. The van der Waals surface area contributed by atoms with Gasteiger partial charge in [-0.15, -0.1) is 11.3 Å². The van der Waals surface area contributed by atoms with Crippen LogP contribution >= 0.6 is 11.3 Å². The number of hydrogen-bond donors (Lipinski definition) is 0. The van der Waals surface area contributed by atoms with E-state index in [2.05, 4.69) is 122 Å². The van der Waals surface area contributed by atoms with Gasteiger partial charge in [-0.1, -0.05) is 109 Å². The van der Waals surface area contributed by atoms with Gasteiger partial charge in [0.2, 0.25) is 0 Å². The number of aryl methyl sites for hydroxylation is 1. The SMILES string of the molecule is Cc1ccc(-c2cc(-c3cccc4c3sc3ccccc34)c3ccc4cccc5ccc2c3c54)cc1. The van der Waals surface area contributed by atoms with Gasteiger partial charge >= 0.3 is 0 Å². The molecule has 1 heterocycles. The molecule has 0 N–H and O–H groups in total. The van der Waals surface area contributed by atoms with Crippen molar-refractivity contribution < 1.29 is 0 Å². The maximum absolute atomic E-state index is 2.44. The summed E-state index contributed by atoms with van der Waals surface area (Å²) < 4.78 is 2.71. The standard InChI is InChI=1S/C35H22S/c1-21-12-14-22(15-13-21)30-20-31(29-10-5-9-28-25-8-2-3-11-32(25)36-35(28)29)27-19-17-24-7-4-6-23-16-18-26(30)34(27)33(23)24/h2-20H,1H3. The molecule has 0 saturated carbocycles. The summed E-state index contributed by atoms with van der Waals surface area (Å²) in [6.07, 6.45) is 0. The predicted octanol–water partition coefficient (Wildman–Crippen LogP) is 10.6. The Morgan fingerprint density at radius 1 is 0.472 bits per heavy atom. The van der Waals surface area contributed by atoms with Crippen molar-refractivity contribution in [3.8, 4) is 22.3 Å². The monoisotopic (exact) mass is 474 g/mol. The molecule has 168 valence electrons. The number of benzene rings is 7. The first-order valence-electron chi connectivity index (χ1n) is 12.4. The molecule has 0 fully saturated rings. The van der Waals surface area contributed by atoms with Gasteiger partial charge in [-0.25, -0.2) is 0 Å². The molecule has 0 radical (unpaired) electrons. The highest BCUT2D eigenvalue weighted by Crippen LogP contribution is 2.47. The Labute approximate surface area is 213 Å². The van der Waals surface area contributed by atoms with Gasteiger partial charge in [0.1, 0.15) is 0 Å². The van der Waals surface area contributed by atoms with Gasteiger partial charge < -0.3 is 0 Å². The zero-order chi connectivity index (χ0) is 23.8. The number of thiophene rings is 1. The summed E-state index contributed by atoms with van der Waals surface area (Å²) in [5, 5.41) is 10.7. The Morgan fingerprint density at radius 2 is 1.17 bits per heavy atom. The lowest BCUT2D eigenvalue weighted by Gasteiger charge is -2.18. The molecular formula is C35H22S. The molecule has 0 bridgehead atoms. The van der Waals surface area contributed by atoms with Gasteiger partial charge in [0.15, 0.2) is 0 Å². The van der Waals surface area contributed by atoms with Crippen LogP contribution in [0.25, 0.3) is 74.7 Å². The lowest BCUT2D eigenvalue weighted by molar-refractivity contribution is 1.47.